The maximum atomic E-state index is 13.1. The van der Waals surface area contributed by atoms with E-state index in [9.17, 15) is 19.8 Å². The van der Waals surface area contributed by atoms with Crippen molar-refractivity contribution in [2.24, 2.45) is 0 Å². The molecule has 10 heteroatoms. The summed E-state index contributed by atoms with van der Waals surface area (Å²) < 4.78 is 16.4. The van der Waals surface area contributed by atoms with Gasteiger partial charge < -0.3 is 29.3 Å². The van der Waals surface area contributed by atoms with Crippen LogP contribution in [0.15, 0.2) is 42.5 Å². The molecule has 2 aliphatic heterocycles. The fraction of sp³-hybridized carbons (Fsp3) is 0.417. The molecule has 4 rings (SSSR count). The number of ether oxygens (including phenoxy) is 3. The number of anilines is 1. The molecule has 2 heterocycles. The van der Waals surface area contributed by atoms with Crippen molar-refractivity contribution in [1.82, 2.24) is 9.80 Å². The van der Waals surface area contributed by atoms with Crippen LogP contribution in [0.1, 0.15) is 18.0 Å². The number of nitrogens with zero attached hydrogens (tertiary/aromatic N) is 3. The van der Waals surface area contributed by atoms with Crippen molar-refractivity contribution in [3.63, 3.8) is 0 Å². The highest BCUT2D eigenvalue weighted by Gasteiger charge is 2.29. The summed E-state index contributed by atoms with van der Waals surface area (Å²) >= 11 is 0. The van der Waals surface area contributed by atoms with E-state index in [1.807, 2.05) is 6.07 Å². The standard InChI is InChI=1S/C24H29N3O7/c1-25(24(30)31)17-5-3-4-16(10-17)20(13-27-9-8-18(28)12-27)26(2)23(29)14-32-19-6-7-21-22(11-19)34-15-33-21/h3-7,10-11,18,20,28H,8-9,12-15H2,1-2H3,(H,30,31)/t18-,20+/m0/s1. The Bertz CT molecular complexity index is 1050. The molecule has 2 aliphatic rings. The van der Waals surface area contributed by atoms with Crippen LogP contribution in [0.4, 0.5) is 10.5 Å². The van der Waals surface area contributed by atoms with Crippen molar-refractivity contribution >= 4 is 17.7 Å². The van der Waals surface area contributed by atoms with E-state index in [1.165, 1.54) is 7.05 Å². The molecule has 2 N–H and O–H groups in total. The topological polar surface area (TPSA) is 112 Å². The lowest BCUT2D eigenvalue weighted by Gasteiger charge is -2.32. The number of carbonyl (C=O) groups is 2. The van der Waals surface area contributed by atoms with E-state index in [4.69, 9.17) is 14.2 Å². The van der Waals surface area contributed by atoms with Crippen molar-refractivity contribution in [3.05, 3.63) is 48.0 Å². The second-order valence-electron chi connectivity index (χ2n) is 8.46. The summed E-state index contributed by atoms with van der Waals surface area (Å²) in [5, 5.41) is 19.3. The Kier molecular flexibility index (Phi) is 7.09. The maximum Gasteiger partial charge on any atom is 0.411 e. The lowest BCUT2D eigenvalue weighted by Crippen LogP contribution is -2.41. The highest BCUT2D eigenvalue weighted by atomic mass is 16.7. The molecule has 0 saturated carbocycles. The predicted molar refractivity (Wildman–Crippen MR) is 124 cm³/mol. The minimum absolute atomic E-state index is 0.156. The molecule has 34 heavy (non-hydrogen) atoms. The molecule has 1 fully saturated rings. The number of rotatable bonds is 8. The van der Waals surface area contributed by atoms with Gasteiger partial charge >= 0.3 is 6.09 Å². The van der Waals surface area contributed by atoms with Crippen LogP contribution in [0, 0.1) is 0 Å². The van der Waals surface area contributed by atoms with E-state index in [1.54, 1.807) is 48.3 Å². The van der Waals surface area contributed by atoms with E-state index >= 15 is 0 Å². The summed E-state index contributed by atoms with van der Waals surface area (Å²) in [6.07, 6.45) is -0.780. The van der Waals surface area contributed by atoms with Crippen LogP contribution in [-0.2, 0) is 4.79 Å². The van der Waals surface area contributed by atoms with E-state index in [2.05, 4.69) is 4.90 Å². The van der Waals surface area contributed by atoms with E-state index in [0.717, 1.165) is 17.0 Å². The Morgan fingerprint density at radius 1 is 1.18 bits per heavy atom. The zero-order valence-electron chi connectivity index (χ0n) is 19.2. The SMILES string of the molecule is CN(C(=O)O)c1cccc([C@@H](CN2CC[C@H](O)C2)N(C)C(=O)COc2ccc3c(c2)OCO3)c1. The molecule has 10 nitrogen and oxygen atoms in total. The van der Waals surface area contributed by atoms with Gasteiger partial charge in [0.25, 0.3) is 5.91 Å². The number of fused-ring (bicyclic) bond motifs is 1. The smallest absolute Gasteiger partial charge is 0.411 e. The first-order valence-corrected chi connectivity index (χ1v) is 11.1. The van der Waals surface area contributed by atoms with Crippen molar-refractivity contribution in [1.29, 1.82) is 0 Å². The number of aliphatic hydroxyl groups excluding tert-OH is 1. The second kappa shape index (κ2) is 10.2. The molecule has 0 aromatic heterocycles. The molecule has 0 radical (unpaired) electrons. The highest BCUT2D eigenvalue weighted by molar-refractivity contribution is 5.85. The third-order valence-electron chi connectivity index (χ3n) is 6.18. The maximum absolute atomic E-state index is 13.1. The van der Waals surface area contributed by atoms with Gasteiger partial charge in [0.05, 0.1) is 12.1 Å². The average Bonchev–Trinajstić information content (AvgIpc) is 3.48. The number of likely N-dealkylation sites (N-methyl/N-ethyl adjacent to an activating group) is 1. The molecule has 0 unspecified atom stereocenters. The van der Waals surface area contributed by atoms with Gasteiger partial charge in [-0.3, -0.25) is 14.6 Å². The average molecular weight is 472 g/mol. The van der Waals surface area contributed by atoms with Gasteiger partial charge in [-0.25, -0.2) is 4.79 Å². The number of hydrogen-bond acceptors (Lipinski definition) is 7. The van der Waals surface area contributed by atoms with Gasteiger partial charge in [-0.05, 0) is 36.2 Å². The fourth-order valence-electron chi connectivity index (χ4n) is 4.11. The number of likely N-dealkylation sites (tertiary alicyclic amines) is 1. The number of aliphatic hydroxyl groups is 1. The van der Waals surface area contributed by atoms with Gasteiger partial charge in [-0.15, -0.1) is 0 Å². The quantitative estimate of drug-likeness (QED) is 0.603. The number of β-amino-alcohol motifs (C(OH)–C–C–N with tert-alkyl or cyclic N) is 1. The number of hydrogen-bond donors (Lipinski definition) is 2. The Balaban J connectivity index is 1.50. The van der Waals surface area contributed by atoms with Crippen LogP contribution in [0.3, 0.4) is 0 Å². The summed E-state index contributed by atoms with van der Waals surface area (Å²) in [6.45, 7) is 1.74. The van der Waals surface area contributed by atoms with Crippen molar-refractivity contribution in [2.45, 2.75) is 18.6 Å². The van der Waals surface area contributed by atoms with E-state index < -0.39 is 6.09 Å². The number of carbonyl (C=O) groups excluding carboxylic acids is 1. The monoisotopic (exact) mass is 471 g/mol. The summed E-state index contributed by atoms with van der Waals surface area (Å²) in [6, 6.07) is 11.9. The minimum atomic E-state index is -1.07. The van der Waals surface area contributed by atoms with Crippen molar-refractivity contribution in [2.75, 3.05) is 52.0 Å². The largest absolute Gasteiger partial charge is 0.484 e. The predicted octanol–water partition coefficient (Wildman–Crippen LogP) is 2.17. The molecule has 1 saturated heterocycles. The summed E-state index contributed by atoms with van der Waals surface area (Å²) in [5.74, 6) is 1.47. The van der Waals surface area contributed by atoms with Gasteiger partial charge in [0, 0.05) is 45.5 Å². The summed E-state index contributed by atoms with van der Waals surface area (Å²) in [7, 11) is 3.18. The molecule has 2 atom stereocenters. The van der Waals surface area contributed by atoms with Crippen LogP contribution >= 0.6 is 0 Å². The Morgan fingerprint density at radius 2 is 1.97 bits per heavy atom. The van der Waals surface area contributed by atoms with Crippen molar-refractivity contribution < 1.29 is 34.0 Å². The molecule has 0 spiro atoms. The van der Waals surface area contributed by atoms with Gasteiger partial charge in [-0.2, -0.15) is 0 Å². The lowest BCUT2D eigenvalue weighted by molar-refractivity contribution is -0.134. The molecule has 2 aromatic carbocycles. The fourth-order valence-corrected chi connectivity index (χ4v) is 4.11. The second-order valence-corrected chi connectivity index (χ2v) is 8.46. The molecule has 0 bridgehead atoms. The van der Waals surface area contributed by atoms with Gasteiger partial charge in [-0.1, -0.05) is 12.1 Å². The molecule has 182 valence electrons. The van der Waals surface area contributed by atoms with E-state index in [0.29, 0.717) is 42.4 Å². The molecular weight excluding hydrogens is 442 g/mol. The number of carboxylic acid groups (broad SMARTS) is 1. The molecular formula is C24H29N3O7. The lowest BCUT2D eigenvalue weighted by atomic mass is 10.0. The number of benzene rings is 2. The van der Waals surface area contributed by atoms with Gasteiger partial charge in [0.2, 0.25) is 6.79 Å². The zero-order valence-corrected chi connectivity index (χ0v) is 19.2. The van der Waals surface area contributed by atoms with Crippen LogP contribution in [0.2, 0.25) is 0 Å². The third kappa shape index (κ3) is 5.35. The highest BCUT2D eigenvalue weighted by Crippen LogP contribution is 2.35. The van der Waals surface area contributed by atoms with Crippen LogP contribution in [0.5, 0.6) is 17.2 Å². The van der Waals surface area contributed by atoms with Crippen molar-refractivity contribution in [3.8, 4) is 17.2 Å². The minimum Gasteiger partial charge on any atom is -0.484 e. The van der Waals surface area contributed by atoms with E-state index in [-0.39, 0.29) is 31.5 Å². The normalized spacial score (nSPS) is 17.9. The third-order valence-corrected chi connectivity index (χ3v) is 6.18. The summed E-state index contributed by atoms with van der Waals surface area (Å²) in [5.41, 5.74) is 1.31. The molecule has 2 amide bonds. The van der Waals surface area contributed by atoms with Gasteiger partial charge in [0.15, 0.2) is 18.1 Å². The molecule has 2 aromatic rings. The first-order valence-electron chi connectivity index (χ1n) is 11.1. The Hall–Kier alpha value is -3.50. The number of amides is 2. The van der Waals surface area contributed by atoms with Crippen LogP contribution < -0.4 is 19.1 Å². The first-order chi connectivity index (χ1) is 16.3. The molecule has 0 aliphatic carbocycles. The Labute approximate surface area is 197 Å². The summed E-state index contributed by atoms with van der Waals surface area (Å²) in [4.78, 5) is 29.4. The first kappa shape index (κ1) is 23.7. The Morgan fingerprint density at radius 3 is 2.71 bits per heavy atom. The zero-order chi connectivity index (χ0) is 24.2. The van der Waals surface area contributed by atoms with Crippen LogP contribution in [-0.4, -0.2) is 85.2 Å². The van der Waals surface area contributed by atoms with Crippen LogP contribution in [0.25, 0.3) is 0 Å². The van der Waals surface area contributed by atoms with Gasteiger partial charge in [0.1, 0.15) is 5.75 Å².